The molecule has 1 amide bonds. The van der Waals surface area contributed by atoms with Gasteiger partial charge in [-0.1, -0.05) is 19.1 Å². The lowest BCUT2D eigenvalue weighted by Gasteiger charge is -2.32. The quantitative estimate of drug-likeness (QED) is 0.852. The van der Waals surface area contributed by atoms with Crippen molar-refractivity contribution in [2.24, 2.45) is 5.92 Å². The Balaban J connectivity index is 1.93. The van der Waals surface area contributed by atoms with Crippen LogP contribution < -0.4 is 5.76 Å². The topological polar surface area (TPSA) is 55.5 Å². The molecule has 2 atom stereocenters. The predicted molar refractivity (Wildman–Crippen MR) is 80.2 cm³/mol. The summed E-state index contributed by atoms with van der Waals surface area (Å²) in [5.74, 6) is 0.0463. The monoisotopic (exact) mass is 288 g/mol. The molecular formula is C16H20N2O3. The molecule has 1 aliphatic rings. The standard InChI is InChI=1S/C16H20N2O3/c1-11-6-5-9-17(10-11)15(19)12(2)18-13-7-3-4-8-14(13)21-16(18)20/h3-4,7-8,11-12H,5-6,9-10H2,1-2H3/t11-,12+/m0/s1. The molecule has 5 heteroatoms. The number of para-hydroxylation sites is 2. The lowest BCUT2D eigenvalue weighted by Crippen LogP contribution is -2.43. The Morgan fingerprint density at radius 1 is 1.38 bits per heavy atom. The summed E-state index contributed by atoms with van der Waals surface area (Å²) in [6.07, 6.45) is 2.19. The van der Waals surface area contributed by atoms with E-state index in [0.717, 1.165) is 25.9 Å². The number of piperidine rings is 1. The normalized spacial score (nSPS) is 20.7. The van der Waals surface area contributed by atoms with Gasteiger partial charge in [0.05, 0.1) is 5.52 Å². The molecule has 0 aliphatic carbocycles. The van der Waals surface area contributed by atoms with Gasteiger partial charge < -0.3 is 9.32 Å². The van der Waals surface area contributed by atoms with Crippen LogP contribution >= 0.6 is 0 Å². The van der Waals surface area contributed by atoms with E-state index in [9.17, 15) is 9.59 Å². The number of hydrogen-bond acceptors (Lipinski definition) is 3. The number of hydrogen-bond donors (Lipinski definition) is 0. The number of rotatable bonds is 2. The number of likely N-dealkylation sites (tertiary alicyclic amines) is 1. The summed E-state index contributed by atoms with van der Waals surface area (Å²) in [4.78, 5) is 26.6. The predicted octanol–water partition coefficient (Wildman–Crippen LogP) is 2.41. The molecular weight excluding hydrogens is 268 g/mol. The average Bonchev–Trinajstić information content (AvgIpc) is 2.81. The van der Waals surface area contributed by atoms with E-state index in [1.807, 2.05) is 23.1 Å². The van der Waals surface area contributed by atoms with Crippen molar-refractivity contribution in [1.82, 2.24) is 9.47 Å². The van der Waals surface area contributed by atoms with E-state index in [1.54, 1.807) is 13.0 Å². The number of aromatic nitrogens is 1. The van der Waals surface area contributed by atoms with Gasteiger partial charge in [-0.15, -0.1) is 0 Å². The molecule has 0 bridgehead atoms. The maximum absolute atomic E-state index is 12.7. The second-order valence-corrected chi connectivity index (χ2v) is 5.91. The van der Waals surface area contributed by atoms with Crippen LogP contribution in [0.5, 0.6) is 0 Å². The molecule has 0 unspecified atom stereocenters. The third kappa shape index (κ3) is 2.48. The van der Waals surface area contributed by atoms with Crippen molar-refractivity contribution < 1.29 is 9.21 Å². The maximum atomic E-state index is 12.7. The van der Waals surface area contributed by atoms with E-state index < -0.39 is 11.8 Å². The lowest BCUT2D eigenvalue weighted by atomic mass is 10.00. The lowest BCUT2D eigenvalue weighted by molar-refractivity contribution is -0.136. The SMILES string of the molecule is C[C@H]1CCCN(C(=O)[C@@H](C)n2c(=O)oc3ccccc32)C1. The number of benzene rings is 1. The zero-order chi connectivity index (χ0) is 15.0. The number of nitrogens with zero attached hydrogens (tertiary/aromatic N) is 2. The summed E-state index contributed by atoms with van der Waals surface area (Å²) >= 11 is 0. The molecule has 0 N–H and O–H groups in total. The third-order valence-electron chi connectivity index (χ3n) is 4.23. The van der Waals surface area contributed by atoms with E-state index in [2.05, 4.69) is 6.92 Å². The van der Waals surface area contributed by atoms with Gasteiger partial charge in [0, 0.05) is 13.1 Å². The van der Waals surface area contributed by atoms with Crippen LogP contribution in [0.1, 0.15) is 32.7 Å². The van der Waals surface area contributed by atoms with Gasteiger partial charge in [-0.3, -0.25) is 9.36 Å². The molecule has 2 aromatic rings. The van der Waals surface area contributed by atoms with E-state index in [4.69, 9.17) is 4.42 Å². The number of oxazole rings is 1. The first-order valence-corrected chi connectivity index (χ1v) is 7.47. The van der Waals surface area contributed by atoms with Crippen LogP contribution in [0.4, 0.5) is 0 Å². The van der Waals surface area contributed by atoms with Crippen LogP contribution in [0.2, 0.25) is 0 Å². The van der Waals surface area contributed by atoms with Gasteiger partial charge in [0.2, 0.25) is 5.91 Å². The average molecular weight is 288 g/mol. The minimum Gasteiger partial charge on any atom is -0.408 e. The van der Waals surface area contributed by atoms with E-state index >= 15 is 0 Å². The zero-order valence-electron chi connectivity index (χ0n) is 12.4. The molecule has 21 heavy (non-hydrogen) atoms. The largest absolute Gasteiger partial charge is 0.420 e. The Kier molecular flexibility index (Phi) is 3.57. The van der Waals surface area contributed by atoms with Gasteiger partial charge in [-0.05, 0) is 37.8 Å². The second kappa shape index (κ2) is 5.39. The number of carbonyl (C=O) groups excluding carboxylic acids is 1. The molecule has 1 aromatic carbocycles. The highest BCUT2D eigenvalue weighted by Crippen LogP contribution is 2.21. The fourth-order valence-corrected chi connectivity index (χ4v) is 3.12. The van der Waals surface area contributed by atoms with E-state index in [0.29, 0.717) is 17.0 Å². The molecule has 1 aliphatic heterocycles. The minimum atomic E-state index is -0.536. The summed E-state index contributed by atoms with van der Waals surface area (Å²) in [7, 11) is 0. The smallest absolute Gasteiger partial charge is 0.408 e. The van der Waals surface area contributed by atoms with Crippen molar-refractivity contribution >= 4 is 17.0 Å². The molecule has 0 radical (unpaired) electrons. The van der Waals surface area contributed by atoms with Crippen molar-refractivity contribution in [3.05, 3.63) is 34.8 Å². The van der Waals surface area contributed by atoms with Crippen LogP contribution in [-0.4, -0.2) is 28.5 Å². The molecule has 1 aromatic heterocycles. The van der Waals surface area contributed by atoms with Crippen LogP contribution in [0, 0.1) is 5.92 Å². The summed E-state index contributed by atoms with van der Waals surface area (Å²) in [6.45, 7) is 5.47. The minimum absolute atomic E-state index is 0.00444. The Morgan fingerprint density at radius 2 is 2.14 bits per heavy atom. The summed E-state index contributed by atoms with van der Waals surface area (Å²) in [5.41, 5.74) is 1.20. The van der Waals surface area contributed by atoms with E-state index in [1.165, 1.54) is 4.57 Å². The van der Waals surface area contributed by atoms with Crippen molar-refractivity contribution in [3.63, 3.8) is 0 Å². The van der Waals surface area contributed by atoms with Gasteiger partial charge >= 0.3 is 5.76 Å². The first kappa shape index (κ1) is 13.9. The van der Waals surface area contributed by atoms with E-state index in [-0.39, 0.29) is 5.91 Å². The Labute approximate surface area is 123 Å². The van der Waals surface area contributed by atoms with Crippen molar-refractivity contribution in [2.45, 2.75) is 32.7 Å². The van der Waals surface area contributed by atoms with Crippen molar-refractivity contribution in [1.29, 1.82) is 0 Å². The van der Waals surface area contributed by atoms with Gasteiger partial charge in [0.25, 0.3) is 0 Å². The molecule has 3 rings (SSSR count). The molecule has 112 valence electrons. The van der Waals surface area contributed by atoms with Gasteiger partial charge in [0.1, 0.15) is 6.04 Å². The second-order valence-electron chi connectivity index (χ2n) is 5.91. The highest BCUT2D eigenvalue weighted by Gasteiger charge is 2.28. The summed E-state index contributed by atoms with van der Waals surface area (Å²) < 4.78 is 6.67. The summed E-state index contributed by atoms with van der Waals surface area (Å²) in [5, 5.41) is 0. The molecule has 0 saturated carbocycles. The number of carbonyl (C=O) groups is 1. The zero-order valence-corrected chi connectivity index (χ0v) is 12.4. The third-order valence-corrected chi connectivity index (χ3v) is 4.23. The Morgan fingerprint density at radius 3 is 2.90 bits per heavy atom. The highest BCUT2D eigenvalue weighted by molar-refractivity contribution is 5.83. The fraction of sp³-hybridized carbons (Fsp3) is 0.500. The molecule has 5 nitrogen and oxygen atoms in total. The first-order chi connectivity index (χ1) is 10.1. The Bertz CT molecular complexity index is 716. The maximum Gasteiger partial charge on any atom is 0.420 e. The van der Waals surface area contributed by atoms with Gasteiger partial charge in [0.15, 0.2) is 5.58 Å². The highest BCUT2D eigenvalue weighted by atomic mass is 16.4. The van der Waals surface area contributed by atoms with Gasteiger partial charge in [-0.2, -0.15) is 0 Å². The fourth-order valence-electron chi connectivity index (χ4n) is 3.12. The number of fused-ring (bicyclic) bond motifs is 1. The van der Waals surface area contributed by atoms with Crippen LogP contribution in [-0.2, 0) is 4.79 Å². The van der Waals surface area contributed by atoms with Crippen LogP contribution in [0.15, 0.2) is 33.5 Å². The Hall–Kier alpha value is -2.04. The van der Waals surface area contributed by atoms with Crippen LogP contribution in [0.25, 0.3) is 11.1 Å². The molecule has 0 spiro atoms. The molecule has 2 heterocycles. The van der Waals surface area contributed by atoms with Gasteiger partial charge in [-0.25, -0.2) is 4.79 Å². The first-order valence-electron chi connectivity index (χ1n) is 7.47. The van der Waals surface area contributed by atoms with Crippen molar-refractivity contribution in [2.75, 3.05) is 13.1 Å². The van der Waals surface area contributed by atoms with Crippen molar-refractivity contribution in [3.8, 4) is 0 Å². The van der Waals surface area contributed by atoms with Crippen LogP contribution in [0.3, 0.4) is 0 Å². The molecule has 1 fully saturated rings. The summed E-state index contributed by atoms with van der Waals surface area (Å²) in [6, 6.07) is 6.67. The number of amides is 1. The molecule has 1 saturated heterocycles.